The molecule has 0 aliphatic carbocycles. The number of carbonyl (C=O) groups excluding carboxylic acids is 1. The molecule has 1 aliphatic heterocycles. The molecule has 22 heavy (non-hydrogen) atoms. The number of thioether (sulfide) groups is 1. The number of benzene rings is 1. The summed E-state index contributed by atoms with van der Waals surface area (Å²) in [6.45, 7) is 4.65. The summed E-state index contributed by atoms with van der Waals surface area (Å²) in [6.07, 6.45) is 0.812. The summed E-state index contributed by atoms with van der Waals surface area (Å²) in [5.41, 5.74) is 0.933. The number of nitrogens with zero attached hydrogens (tertiary/aromatic N) is 2. The highest BCUT2D eigenvalue weighted by Gasteiger charge is 2.26. The van der Waals surface area contributed by atoms with E-state index in [1.54, 1.807) is 21.6 Å². The molecule has 0 bridgehead atoms. The van der Waals surface area contributed by atoms with Crippen molar-refractivity contribution >= 4 is 29.3 Å². The Bertz CT molecular complexity index is 550. The van der Waals surface area contributed by atoms with Gasteiger partial charge in [-0.15, -0.1) is 11.8 Å². The van der Waals surface area contributed by atoms with E-state index in [1.807, 2.05) is 38.1 Å². The van der Waals surface area contributed by atoms with E-state index < -0.39 is 5.97 Å². The number of fused-ring (bicyclic) bond motifs is 1. The average Bonchev–Trinajstić information content (AvgIpc) is 2.52. The van der Waals surface area contributed by atoms with Crippen molar-refractivity contribution in [2.45, 2.75) is 31.2 Å². The van der Waals surface area contributed by atoms with Crippen LogP contribution in [0.2, 0.25) is 0 Å². The molecule has 0 aromatic heterocycles. The van der Waals surface area contributed by atoms with Gasteiger partial charge in [0.1, 0.15) is 0 Å². The maximum Gasteiger partial charge on any atom is 0.317 e. The fraction of sp³-hybridized carbons (Fsp3) is 0.500. The maximum absolute atomic E-state index is 12.7. The molecule has 0 saturated carbocycles. The van der Waals surface area contributed by atoms with Gasteiger partial charge < -0.3 is 10.0 Å². The molecular formula is C16H22N2O3S. The fourth-order valence-corrected chi connectivity index (χ4v) is 3.48. The van der Waals surface area contributed by atoms with E-state index in [0.717, 1.165) is 22.8 Å². The van der Waals surface area contributed by atoms with Crippen molar-refractivity contribution in [3.8, 4) is 0 Å². The predicted octanol–water partition coefficient (Wildman–Crippen LogP) is 2.31. The maximum atomic E-state index is 12.7. The zero-order chi connectivity index (χ0) is 16.1. The lowest BCUT2D eigenvalue weighted by Gasteiger charge is -2.32. The van der Waals surface area contributed by atoms with E-state index in [0.29, 0.717) is 6.54 Å². The zero-order valence-corrected chi connectivity index (χ0v) is 13.8. The van der Waals surface area contributed by atoms with Gasteiger partial charge in [0.05, 0.1) is 18.8 Å². The third kappa shape index (κ3) is 4.01. The van der Waals surface area contributed by atoms with Crippen LogP contribution in [-0.2, 0) is 9.59 Å². The van der Waals surface area contributed by atoms with Crippen molar-refractivity contribution in [3.05, 3.63) is 24.3 Å². The first-order chi connectivity index (χ1) is 10.5. The molecule has 0 radical (unpaired) electrons. The minimum atomic E-state index is -0.900. The van der Waals surface area contributed by atoms with Crippen molar-refractivity contribution in [1.29, 1.82) is 0 Å². The molecule has 1 N–H and O–H groups in total. The van der Waals surface area contributed by atoms with E-state index >= 15 is 0 Å². The minimum Gasteiger partial charge on any atom is -0.480 e. The van der Waals surface area contributed by atoms with Crippen LogP contribution < -0.4 is 4.90 Å². The van der Waals surface area contributed by atoms with Gasteiger partial charge in [-0.3, -0.25) is 14.5 Å². The highest BCUT2D eigenvalue weighted by Crippen LogP contribution is 2.34. The Morgan fingerprint density at radius 2 is 2.09 bits per heavy atom. The normalized spacial score (nSPS) is 15.5. The number of rotatable bonds is 6. The first kappa shape index (κ1) is 16.8. The monoisotopic (exact) mass is 322 g/mol. The van der Waals surface area contributed by atoms with Gasteiger partial charge in [0.25, 0.3) is 0 Å². The smallest absolute Gasteiger partial charge is 0.317 e. The number of para-hydroxylation sites is 1. The quantitative estimate of drug-likeness (QED) is 0.871. The van der Waals surface area contributed by atoms with Gasteiger partial charge in [0.15, 0.2) is 0 Å². The number of anilines is 1. The van der Waals surface area contributed by atoms with Gasteiger partial charge in [0.2, 0.25) is 5.91 Å². The van der Waals surface area contributed by atoms with Crippen molar-refractivity contribution in [1.82, 2.24) is 4.90 Å². The Kier molecular flexibility index (Phi) is 5.85. The summed E-state index contributed by atoms with van der Waals surface area (Å²) in [7, 11) is 0. The van der Waals surface area contributed by atoms with Crippen molar-refractivity contribution in [3.63, 3.8) is 0 Å². The highest BCUT2D eigenvalue weighted by atomic mass is 32.2. The van der Waals surface area contributed by atoms with Gasteiger partial charge in [0, 0.05) is 23.2 Å². The van der Waals surface area contributed by atoms with Crippen LogP contribution in [0.1, 0.15) is 20.3 Å². The second kappa shape index (κ2) is 7.65. The Morgan fingerprint density at radius 3 is 2.77 bits per heavy atom. The van der Waals surface area contributed by atoms with Crippen molar-refractivity contribution in [2.75, 3.05) is 30.3 Å². The van der Waals surface area contributed by atoms with Gasteiger partial charge in [-0.25, -0.2) is 0 Å². The molecule has 1 aromatic carbocycles. The van der Waals surface area contributed by atoms with Crippen LogP contribution in [0.25, 0.3) is 0 Å². The van der Waals surface area contributed by atoms with Crippen LogP contribution in [0.4, 0.5) is 5.69 Å². The molecule has 0 fully saturated rings. The van der Waals surface area contributed by atoms with E-state index in [9.17, 15) is 9.59 Å². The van der Waals surface area contributed by atoms with Gasteiger partial charge in [-0.2, -0.15) is 0 Å². The number of hydrogen-bond donors (Lipinski definition) is 1. The molecule has 1 heterocycles. The molecule has 120 valence electrons. The fourth-order valence-electron chi connectivity index (χ4n) is 2.49. The van der Waals surface area contributed by atoms with E-state index in [-0.39, 0.29) is 25.0 Å². The Morgan fingerprint density at radius 1 is 1.36 bits per heavy atom. The minimum absolute atomic E-state index is 0.0331. The largest absolute Gasteiger partial charge is 0.480 e. The SMILES string of the molecule is CC[C@H](C)N(CC(=O)O)CC(=O)N1CCSc2ccccc21. The summed E-state index contributed by atoms with van der Waals surface area (Å²) in [5, 5.41) is 9.04. The molecule has 5 nitrogen and oxygen atoms in total. The molecule has 2 rings (SSSR count). The Balaban J connectivity index is 2.12. The van der Waals surface area contributed by atoms with Crippen molar-refractivity contribution < 1.29 is 14.7 Å². The van der Waals surface area contributed by atoms with Crippen LogP contribution >= 0.6 is 11.8 Å². The lowest BCUT2D eigenvalue weighted by Crippen LogP contribution is -2.47. The second-order valence-electron chi connectivity index (χ2n) is 5.42. The lowest BCUT2D eigenvalue weighted by molar-refractivity contribution is -0.139. The number of hydrogen-bond acceptors (Lipinski definition) is 4. The topological polar surface area (TPSA) is 60.9 Å². The number of carboxylic acids is 1. The third-order valence-electron chi connectivity index (χ3n) is 3.92. The van der Waals surface area contributed by atoms with Crippen LogP contribution in [0.15, 0.2) is 29.2 Å². The van der Waals surface area contributed by atoms with Gasteiger partial charge >= 0.3 is 5.97 Å². The number of aliphatic carboxylic acids is 1. The first-order valence-corrected chi connectivity index (χ1v) is 8.49. The first-order valence-electron chi connectivity index (χ1n) is 7.51. The lowest BCUT2D eigenvalue weighted by atomic mass is 10.2. The molecule has 1 aliphatic rings. The molecule has 0 unspecified atom stereocenters. The van der Waals surface area contributed by atoms with Crippen LogP contribution in [0.5, 0.6) is 0 Å². The van der Waals surface area contributed by atoms with Crippen molar-refractivity contribution in [2.24, 2.45) is 0 Å². The molecule has 1 amide bonds. The van der Waals surface area contributed by atoms with Gasteiger partial charge in [-0.1, -0.05) is 19.1 Å². The van der Waals surface area contributed by atoms with Crippen LogP contribution in [0.3, 0.4) is 0 Å². The molecule has 6 heteroatoms. The average molecular weight is 322 g/mol. The van der Waals surface area contributed by atoms with E-state index in [4.69, 9.17) is 5.11 Å². The molecule has 0 spiro atoms. The third-order valence-corrected chi connectivity index (χ3v) is 4.96. The molecule has 1 aromatic rings. The Labute approximate surface area is 135 Å². The molecule has 1 atom stereocenters. The van der Waals surface area contributed by atoms with E-state index in [1.165, 1.54) is 0 Å². The molecular weight excluding hydrogens is 300 g/mol. The highest BCUT2D eigenvalue weighted by molar-refractivity contribution is 7.99. The zero-order valence-electron chi connectivity index (χ0n) is 13.0. The van der Waals surface area contributed by atoms with E-state index in [2.05, 4.69) is 0 Å². The summed E-state index contributed by atoms with van der Waals surface area (Å²) in [5.74, 6) is -0.0672. The van der Waals surface area contributed by atoms with Crippen LogP contribution in [-0.4, -0.2) is 53.3 Å². The number of carbonyl (C=O) groups is 2. The summed E-state index contributed by atoms with van der Waals surface area (Å²) >= 11 is 1.75. The summed E-state index contributed by atoms with van der Waals surface area (Å²) in [4.78, 5) is 28.3. The molecule has 0 saturated heterocycles. The Hall–Kier alpha value is -1.53. The predicted molar refractivity (Wildman–Crippen MR) is 88.5 cm³/mol. The van der Waals surface area contributed by atoms with Gasteiger partial charge in [-0.05, 0) is 25.5 Å². The second-order valence-corrected chi connectivity index (χ2v) is 6.55. The summed E-state index contributed by atoms with van der Waals surface area (Å²) in [6, 6.07) is 7.92. The van der Waals surface area contributed by atoms with Crippen LogP contribution in [0, 0.1) is 0 Å². The summed E-state index contributed by atoms with van der Waals surface area (Å²) < 4.78 is 0. The number of amides is 1. The standard InChI is InChI=1S/C16H22N2O3S/c1-3-12(2)17(11-16(20)21)10-15(19)18-8-9-22-14-7-5-4-6-13(14)18/h4-7,12H,3,8-11H2,1-2H3,(H,20,21)/t12-/m0/s1. The number of carboxylic acid groups (broad SMARTS) is 1.